The first-order chi connectivity index (χ1) is 12.8. The molecule has 8 nitrogen and oxygen atoms in total. The molecule has 0 radical (unpaired) electrons. The van der Waals surface area contributed by atoms with Gasteiger partial charge < -0.3 is 14.5 Å². The number of nitrogens with zero attached hydrogens (tertiary/aromatic N) is 5. The van der Waals surface area contributed by atoms with Gasteiger partial charge in [0.25, 0.3) is 0 Å². The lowest BCUT2D eigenvalue weighted by atomic mass is 10.3. The Labute approximate surface area is 158 Å². The van der Waals surface area contributed by atoms with E-state index in [-0.39, 0.29) is 23.7 Å². The molecular formula is C17H22FN5O3S. The normalized spacial score (nSPS) is 15.6. The Kier molecular flexibility index (Phi) is 5.47. The second-order valence-corrected chi connectivity index (χ2v) is 8.29. The van der Waals surface area contributed by atoms with Crippen LogP contribution in [0.4, 0.5) is 15.9 Å². The second-order valence-electron chi connectivity index (χ2n) is 6.35. The monoisotopic (exact) mass is 395 g/mol. The van der Waals surface area contributed by atoms with E-state index in [4.69, 9.17) is 4.74 Å². The third-order valence-corrected chi connectivity index (χ3v) is 6.36. The number of benzene rings is 1. The number of piperazine rings is 1. The zero-order chi connectivity index (χ0) is 19.6. The summed E-state index contributed by atoms with van der Waals surface area (Å²) in [6.45, 7) is 1.51. The predicted molar refractivity (Wildman–Crippen MR) is 100 cm³/mol. The molecule has 0 spiro atoms. The van der Waals surface area contributed by atoms with Gasteiger partial charge >= 0.3 is 0 Å². The minimum Gasteiger partial charge on any atom is -0.494 e. The maximum Gasteiger partial charge on any atom is 0.243 e. The molecule has 0 saturated carbocycles. The summed E-state index contributed by atoms with van der Waals surface area (Å²) in [5.41, 5.74) is 0.920. The number of anilines is 2. The SMILES string of the molecule is COc1ccc(S(=O)(=O)N2CCN(c3cc(N(C)C)cnn3)CC2)cc1F. The highest BCUT2D eigenvalue weighted by molar-refractivity contribution is 7.89. The Bertz CT molecular complexity index is 915. The topological polar surface area (TPSA) is 78.9 Å². The number of aromatic nitrogens is 2. The number of ether oxygens (including phenoxy) is 1. The summed E-state index contributed by atoms with van der Waals surface area (Å²) in [5.74, 6) is 0.0137. The van der Waals surface area contributed by atoms with Crippen molar-refractivity contribution in [3.8, 4) is 5.75 Å². The van der Waals surface area contributed by atoms with Crippen LogP contribution in [0, 0.1) is 5.82 Å². The fourth-order valence-corrected chi connectivity index (χ4v) is 4.29. The fraction of sp³-hybridized carbons (Fsp3) is 0.412. The number of halogens is 1. The summed E-state index contributed by atoms with van der Waals surface area (Å²) in [6.07, 6.45) is 1.67. The number of sulfonamides is 1. The molecule has 1 aromatic carbocycles. The van der Waals surface area contributed by atoms with Crippen LogP contribution in [0.5, 0.6) is 5.75 Å². The Balaban J connectivity index is 1.73. The first-order valence-corrected chi connectivity index (χ1v) is 9.85. The van der Waals surface area contributed by atoms with Gasteiger partial charge in [0.2, 0.25) is 10.0 Å². The summed E-state index contributed by atoms with van der Waals surface area (Å²) in [5, 5.41) is 8.14. The molecule has 0 aliphatic carbocycles. The van der Waals surface area contributed by atoms with E-state index in [1.165, 1.54) is 23.5 Å². The van der Waals surface area contributed by atoms with E-state index in [1.54, 1.807) is 6.20 Å². The highest BCUT2D eigenvalue weighted by atomic mass is 32.2. The molecular weight excluding hydrogens is 373 g/mol. The zero-order valence-corrected chi connectivity index (χ0v) is 16.3. The van der Waals surface area contributed by atoms with Crippen LogP contribution in [0.3, 0.4) is 0 Å². The van der Waals surface area contributed by atoms with E-state index in [9.17, 15) is 12.8 Å². The van der Waals surface area contributed by atoms with E-state index >= 15 is 0 Å². The summed E-state index contributed by atoms with van der Waals surface area (Å²) in [4.78, 5) is 3.83. The van der Waals surface area contributed by atoms with Gasteiger partial charge in [-0.25, -0.2) is 12.8 Å². The average molecular weight is 395 g/mol. The summed E-state index contributed by atoms with van der Waals surface area (Å²) < 4.78 is 45.7. The van der Waals surface area contributed by atoms with Gasteiger partial charge in [0.05, 0.1) is 23.9 Å². The van der Waals surface area contributed by atoms with Crippen LogP contribution >= 0.6 is 0 Å². The molecule has 1 saturated heterocycles. The maximum atomic E-state index is 13.9. The van der Waals surface area contributed by atoms with Crippen LogP contribution in [-0.4, -0.2) is 70.3 Å². The molecule has 1 aliphatic heterocycles. The quantitative estimate of drug-likeness (QED) is 0.753. The highest BCUT2D eigenvalue weighted by Gasteiger charge is 2.29. The maximum absolute atomic E-state index is 13.9. The molecule has 0 amide bonds. The molecule has 1 fully saturated rings. The summed E-state index contributed by atoms with van der Waals surface area (Å²) >= 11 is 0. The van der Waals surface area contributed by atoms with Crippen LogP contribution in [0.15, 0.2) is 35.4 Å². The lowest BCUT2D eigenvalue weighted by Gasteiger charge is -2.34. The van der Waals surface area contributed by atoms with E-state index < -0.39 is 15.8 Å². The van der Waals surface area contributed by atoms with Crippen LogP contribution < -0.4 is 14.5 Å². The van der Waals surface area contributed by atoms with Crippen molar-refractivity contribution in [3.05, 3.63) is 36.3 Å². The number of rotatable bonds is 5. The number of hydrogen-bond acceptors (Lipinski definition) is 7. The molecule has 27 heavy (non-hydrogen) atoms. The molecule has 1 aromatic heterocycles. The minimum absolute atomic E-state index is 0.0121. The van der Waals surface area contributed by atoms with Gasteiger partial charge in [0, 0.05) is 46.3 Å². The molecule has 2 aromatic rings. The third kappa shape index (κ3) is 3.96. The first-order valence-electron chi connectivity index (χ1n) is 8.41. The zero-order valence-electron chi connectivity index (χ0n) is 15.5. The molecule has 0 bridgehead atoms. The molecule has 2 heterocycles. The fourth-order valence-electron chi connectivity index (χ4n) is 2.86. The summed E-state index contributed by atoms with van der Waals surface area (Å²) in [7, 11) is 1.40. The predicted octanol–water partition coefficient (Wildman–Crippen LogP) is 1.20. The van der Waals surface area contributed by atoms with Crippen LogP contribution in [-0.2, 0) is 10.0 Å². The van der Waals surface area contributed by atoms with Crippen LogP contribution in [0.2, 0.25) is 0 Å². The van der Waals surface area contributed by atoms with Crippen molar-refractivity contribution in [2.75, 3.05) is 57.2 Å². The Morgan fingerprint density at radius 1 is 1.15 bits per heavy atom. The molecule has 0 atom stereocenters. The van der Waals surface area contributed by atoms with Gasteiger partial charge in [-0.3, -0.25) is 0 Å². The minimum atomic E-state index is -3.77. The van der Waals surface area contributed by atoms with Crippen molar-refractivity contribution < 1.29 is 17.5 Å². The van der Waals surface area contributed by atoms with Crippen molar-refractivity contribution in [2.24, 2.45) is 0 Å². The van der Waals surface area contributed by atoms with Gasteiger partial charge in [0.1, 0.15) is 0 Å². The van der Waals surface area contributed by atoms with Gasteiger partial charge in [-0.2, -0.15) is 9.40 Å². The molecule has 146 valence electrons. The lowest BCUT2D eigenvalue weighted by Crippen LogP contribution is -2.49. The molecule has 0 unspecified atom stereocenters. The van der Waals surface area contributed by atoms with E-state index in [0.717, 1.165) is 11.8 Å². The summed E-state index contributed by atoms with van der Waals surface area (Å²) in [6, 6.07) is 5.58. The standard InChI is InChI=1S/C17H22FN5O3S/c1-21(2)13-10-17(20-19-12-13)22-6-8-23(9-7-22)27(24,25)14-4-5-16(26-3)15(18)11-14/h4-5,10-12H,6-9H2,1-3H3. The van der Waals surface area contributed by atoms with Crippen molar-refractivity contribution in [2.45, 2.75) is 4.90 Å². The molecule has 1 aliphatic rings. The smallest absolute Gasteiger partial charge is 0.243 e. The van der Waals surface area contributed by atoms with Crippen molar-refractivity contribution in [3.63, 3.8) is 0 Å². The molecule has 0 N–H and O–H groups in total. The first kappa shape index (κ1) is 19.3. The Hall–Kier alpha value is -2.46. The van der Waals surface area contributed by atoms with Crippen molar-refractivity contribution in [1.82, 2.24) is 14.5 Å². The van der Waals surface area contributed by atoms with Gasteiger partial charge in [-0.15, -0.1) is 5.10 Å². The van der Waals surface area contributed by atoms with Gasteiger partial charge in [-0.05, 0) is 18.2 Å². The second kappa shape index (κ2) is 7.65. The van der Waals surface area contributed by atoms with E-state index in [1.807, 2.05) is 30.0 Å². The van der Waals surface area contributed by atoms with Crippen LogP contribution in [0.1, 0.15) is 0 Å². The highest BCUT2D eigenvalue weighted by Crippen LogP contribution is 2.25. The van der Waals surface area contributed by atoms with Gasteiger partial charge in [-0.1, -0.05) is 0 Å². The Morgan fingerprint density at radius 3 is 2.44 bits per heavy atom. The van der Waals surface area contributed by atoms with Crippen molar-refractivity contribution >= 4 is 21.5 Å². The lowest BCUT2D eigenvalue weighted by molar-refractivity contribution is 0.379. The molecule has 10 heteroatoms. The third-order valence-electron chi connectivity index (χ3n) is 4.47. The number of hydrogen-bond donors (Lipinski definition) is 0. The van der Waals surface area contributed by atoms with Crippen LogP contribution in [0.25, 0.3) is 0 Å². The van der Waals surface area contributed by atoms with E-state index in [0.29, 0.717) is 18.9 Å². The van der Waals surface area contributed by atoms with Crippen molar-refractivity contribution in [1.29, 1.82) is 0 Å². The van der Waals surface area contributed by atoms with E-state index in [2.05, 4.69) is 10.2 Å². The largest absolute Gasteiger partial charge is 0.494 e. The Morgan fingerprint density at radius 2 is 1.85 bits per heavy atom. The number of methoxy groups -OCH3 is 1. The average Bonchev–Trinajstić information content (AvgIpc) is 2.68. The molecule has 3 rings (SSSR count). The van der Waals surface area contributed by atoms with Gasteiger partial charge in [0.15, 0.2) is 17.4 Å².